The number of halogens is 3. The van der Waals surface area contributed by atoms with E-state index in [1.807, 2.05) is 0 Å². The van der Waals surface area contributed by atoms with E-state index in [1.54, 1.807) is 19.1 Å². The number of rotatable bonds is 6. The summed E-state index contributed by atoms with van der Waals surface area (Å²) in [4.78, 5) is 12.1. The number of hydrogen-bond acceptors (Lipinski definition) is 4. The number of carbonyl (C=O) groups excluding carboxylic acids is 1. The lowest BCUT2D eigenvalue weighted by molar-refractivity contribution is -0.274. The molecule has 0 bridgehead atoms. The van der Waals surface area contributed by atoms with Gasteiger partial charge in [0.2, 0.25) is 5.91 Å². The van der Waals surface area contributed by atoms with Crippen molar-refractivity contribution in [1.82, 2.24) is 0 Å². The average molecular weight is 381 g/mol. The Bertz CT molecular complexity index is 830. The summed E-state index contributed by atoms with van der Waals surface area (Å²) >= 11 is 0. The predicted octanol–water partition coefficient (Wildman–Crippen LogP) is 4.56. The van der Waals surface area contributed by atoms with Gasteiger partial charge in [-0.15, -0.1) is 13.2 Å². The largest absolute Gasteiger partial charge is 0.573 e. The van der Waals surface area contributed by atoms with Crippen molar-refractivity contribution < 1.29 is 32.2 Å². The number of anilines is 1. The number of hydrogen-bond donors (Lipinski definition) is 1. The molecule has 0 spiro atoms. The highest BCUT2D eigenvalue weighted by Crippen LogP contribution is 2.32. The van der Waals surface area contributed by atoms with Crippen LogP contribution in [0.4, 0.5) is 18.9 Å². The molecule has 0 heterocycles. The van der Waals surface area contributed by atoms with Crippen molar-refractivity contribution in [1.29, 1.82) is 0 Å². The molecule has 0 aliphatic rings. The zero-order valence-electron chi connectivity index (χ0n) is 14.9. The van der Waals surface area contributed by atoms with Crippen LogP contribution in [0.2, 0.25) is 0 Å². The minimum atomic E-state index is -4.74. The van der Waals surface area contributed by atoms with E-state index in [0.29, 0.717) is 22.7 Å². The van der Waals surface area contributed by atoms with E-state index in [2.05, 4.69) is 10.1 Å². The molecular weight excluding hydrogens is 363 g/mol. The molecule has 0 saturated heterocycles. The number of ether oxygens (including phenoxy) is 3. The fourth-order valence-electron chi connectivity index (χ4n) is 2.24. The quantitative estimate of drug-likeness (QED) is 0.745. The summed E-state index contributed by atoms with van der Waals surface area (Å²) in [5.41, 5.74) is 1.88. The standard InChI is InChI=1S/C19H18F3NO4/c1-12-10-16(25-2)17(26-3)11-15(12)23-18(24)9-6-13-4-7-14(8-5-13)27-19(20,21)22/h4-11H,1-3H3,(H,23,24)/b9-6+. The van der Waals surface area contributed by atoms with Gasteiger partial charge in [-0.25, -0.2) is 0 Å². The van der Waals surface area contributed by atoms with Crippen LogP contribution in [0, 0.1) is 6.92 Å². The highest BCUT2D eigenvalue weighted by Gasteiger charge is 2.30. The van der Waals surface area contributed by atoms with E-state index in [4.69, 9.17) is 9.47 Å². The molecule has 0 aliphatic heterocycles. The highest BCUT2D eigenvalue weighted by molar-refractivity contribution is 6.02. The number of carbonyl (C=O) groups is 1. The van der Waals surface area contributed by atoms with Crippen molar-refractivity contribution in [3.05, 3.63) is 53.6 Å². The molecule has 2 aromatic rings. The maximum atomic E-state index is 12.1. The van der Waals surface area contributed by atoms with Gasteiger partial charge in [-0.05, 0) is 42.3 Å². The molecule has 0 radical (unpaired) electrons. The Hall–Kier alpha value is -3.16. The summed E-state index contributed by atoms with van der Waals surface area (Å²) in [6, 6.07) is 8.53. The molecule has 144 valence electrons. The van der Waals surface area contributed by atoms with E-state index in [9.17, 15) is 18.0 Å². The smallest absolute Gasteiger partial charge is 0.493 e. The van der Waals surface area contributed by atoms with Crippen molar-refractivity contribution >= 4 is 17.7 Å². The lowest BCUT2D eigenvalue weighted by Gasteiger charge is -2.12. The molecular formula is C19H18F3NO4. The minimum Gasteiger partial charge on any atom is -0.493 e. The molecule has 0 unspecified atom stereocenters. The van der Waals surface area contributed by atoms with Crippen LogP contribution < -0.4 is 19.5 Å². The van der Waals surface area contributed by atoms with E-state index in [0.717, 1.165) is 5.56 Å². The van der Waals surface area contributed by atoms with E-state index < -0.39 is 12.3 Å². The number of alkyl halides is 3. The summed E-state index contributed by atoms with van der Waals surface area (Å²) in [7, 11) is 3.01. The lowest BCUT2D eigenvalue weighted by Crippen LogP contribution is -2.16. The number of nitrogens with one attached hydrogen (secondary N) is 1. The van der Waals surface area contributed by atoms with Gasteiger partial charge in [0, 0.05) is 17.8 Å². The van der Waals surface area contributed by atoms with Crippen LogP contribution in [0.3, 0.4) is 0 Å². The average Bonchev–Trinajstić information content (AvgIpc) is 2.61. The van der Waals surface area contributed by atoms with Gasteiger partial charge in [-0.3, -0.25) is 4.79 Å². The van der Waals surface area contributed by atoms with Crippen LogP contribution in [-0.2, 0) is 4.79 Å². The second kappa shape index (κ2) is 8.48. The topological polar surface area (TPSA) is 56.8 Å². The molecule has 0 saturated carbocycles. The van der Waals surface area contributed by atoms with Crippen molar-refractivity contribution in [3.63, 3.8) is 0 Å². The van der Waals surface area contributed by atoms with Gasteiger partial charge in [0.05, 0.1) is 14.2 Å². The normalized spacial score (nSPS) is 11.3. The van der Waals surface area contributed by atoms with Gasteiger partial charge in [0.25, 0.3) is 0 Å². The van der Waals surface area contributed by atoms with Crippen molar-refractivity contribution in [2.75, 3.05) is 19.5 Å². The maximum Gasteiger partial charge on any atom is 0.573 e. The van der Waals surface area contributed by atoms with Gasteiger partial charge in [-0.2, -0.15) is 0 Å². The third-order valence-electron chi connectivity index (χ3n) is 3.53. The molecule has 0 aromatic heterocycles. The molecule has 0 aliphatic carbocycles. The zero-order chi connectivity index (χ0) is 20.0. The summed E-state index contributed by atoms with van der Waals surface area (Å²) in [5, 5.41) is 2.71. The zero-order valence-corrected chi connectivity index (χ0v) is 14.9. The highest BCUT2D eigenvalue weighted by atomic mass is 19.4. The Kier molecular flexibility index (Phi) is 6.33. The van der Waals surface area contributed by atoms with Gasteiger partial charge in [0.15, 0.2) is 11.5 Å². The molecule has 0 fully saturated rings. The van der Waals surface area contributed by atoms with Crippen LogP contribution in [0.1, 0.15) is 11.1 Å². The Morgan fingerprint density at radius 2 is 1.63 bits per heavy atom. The molecule has 1 amide bonds. The fraction of sp³-hybridized carbons (Fsp3) is 0.211. The SMILES string of the molecule is COc1cc(C)c(NC(=O)/C=C/c2ccc(OC(F)(F)F)cc2)cc1OC. The first kappa shape index (κ1) is 20.2. The van der Waals surface area contributed by atoms with Crippen LogP contribution in [0.15, 0.2) is 42.5 Å². The number of aryl methyl sites for hydroxylation is 1. The molecule has 2 aromatic carbocycles. The Balaban J connectivity index is 2.05. The minimum absolute atomic E-state index is 0.329. The predicted molar refractivity (Wildman–Crippen MR) is 95.1 cm³/mol. The number of benzene rings is 2. The first-order chi connectivity index (χ1) is 12.7. The first-order valence-electron chi connectivity index (χ1n) is 7.79. The van der Waals surface area contributed by atoms with Crippen LogP contribution in [0.25, 0.3) is 6.08 Å². The van der Waals surface area contributed by atoms with Crippen molar-refractivity contribution in [3.8, 4) is 17.2 Å². The third kappa shape index (κ3) is 5.95. The van der Waals surface area contributed by atoms with Crippen LogP contribution in [0.5, 0.6) is 17.2 Å². The molecule has 27 heavy (non-hydrogen) atoms. The first-order valence-corrected chi connectivity index (χ1v) is 7.79. The lowest BCUT2D eigenvalue weighted by atomic mass is 10.1. The van der Waals surface area contributed by atoms with Crippen molar-refractivity contribution in [2.24, 2.45) is 0 Å². The summed E-state index contributed by atoms with van der Waals surface area (Å²) < 4.78 is 50.6. The molecule has 0 atom stereocenters. The molecule has 5 nitrogen and oxygen atoms in total. The van der Waals surface area contributed by atoms with Gasteiger partial charge in [0.1, 0.15) is 5.75 Å². The maximum absolute atomic E-state index is 12.1. The molecule has 8 heteroatoms. The summed E-state index contributed by atoms with van der Waals surface area (Å²) in [5.74, 6) is 0.290. The second-order valence-electron chi connectivity index (χ2n) is 5.46. The third-order valence-corrected chi connectivity index (χ3v) is 3.53. The van der Waals surface area contributed by atoms with E-state index >= 15 is 0 Å². The monoisotopic (exact) mass is 381 g/mol. The summed E-state index contributed by atoms with van der Waals surface area (Å²) in [6.07, 6.45) is -1.99. The van der Waals surface area contributed by atoms with Gasteiger partial charge >= 0.3 is 6.36 Å². The van der Waals surface area contributed by atoms with E-state index in [1.165, 1.54) is 50.6 Å². The number of amides is 1. The van der Waals surface area contributed by atoms with Crippen molar-refractivity contribution in [2.45, 2.75) is 13.3 Å². The molecule has 1 N–H and O–H groups in total. The molecule has 2 rings (SSSR count). The Morgan fingerprint density at radius 3 is 2.19 bits per heavy atom. The second-order valence-corrected chi connectivity index (χ2v) is 5.46. The van der Waals surface area contributed by atoms with Crippen LogP contribution in [-0.4, -0.2) is 26.5 Å². The van der Waals surface area contributed by atoms with Gasteiger partial charge in [-0.1, -0.05) is 12.1 Å². The Labute approximate surface area is 154 Å². The Morgan fingerprint density at radius 1 is 1.04 bits per heavy atom. The number of methoxy groups -OCH3 is 2. The van der Waals surface area contributed by atoms with Crippen LogP contribution >= 0.6 is 0 Å². The van der Waals surface area contributed by atoms with E-state index in [-0.39, 0.29) is 5.75 Å². The van der Waals surface area contributed by atoms with Gasteiger partial charge < -0.3 is 19.5 Å². The summed E-state index contributed by atoms with van der Waals surface area (Å²) in [6.45, 7) is 1.81. The fourth-order valence-corrected chi connectivity index (χ4v) is 2.24.